The topological polar surface area (TPSA) is 12.0 Å². The molecule has 17 heavy (non-hydrogen) atoms. The van der Waals surface area contributed by atoms with E-state index in [0.717, 1.165) is 23.6 Å². The van der Waals surface area contributed by atoms with Crippen LogP contribution >= 0.6 is 11.6 Å². The average molecular weight is 260 g/mol. The summed E-state index contributed by atoms with van der Waals surface area (Å²) in [7, 11) is 0. The fraction of sp³-hybridized carbons (Fsp3) is 1.00. The van der Waals surface area contributed by atoms with Crippen molar-refractivity contribution in [2.45, 2.75) is 58.8 Å². The van der Waals surface area contributed by atoms with Gasteiger partial charge in [0.15, 0.2) is 0 Å². The first-order valence-corrected chi connectivity index (χ1v) is 8.11. The third-order valence-electron chi connectivity index (χ3n) is 4.40. The highest BCUT2D eigenvalue weighted by atomic mass is 35.5. The summed E-state index contributed by atoms with van der Waals surface area (Å²) in [5.74, 6) is 3.36. The third kappa shape index (κ3) is 5.61. The first kappa shape index (κ1) is 15.3. The zero-order valence-corrected chi connectivity index (χ0v) is 12.4. The zero-order chi connectivity index (χ0) is 12.5. The maximum absolute atomic E-state index is 6.01. The van der Waals surface area contributed by atoms with Gasteiger partial charge in [-0.3, -0.25) is 0 Å². The van der Waals surface area contributed by atoms with Crippen LogP contribution in [0.2, 0.25) is 0 Å². The highest BCUT2D eigenvalue weighted by molar-refractivity contribution is 6.18. The molecule has 0 aromatic heterocycles. The Hall–Kier alpha value is 0.250. The molecular formula is C15H30ClN. The number of halogens is 1. The second kappa shape index (κ2) is 9.22. The minimum absolute atomic E-state index is 0.778. The van der Waals surface area contributed by atoms with Crippen molar-refractivity contribution < 1.29 is 0 Å². The Balaban J connectivity index is 2.12. The summed E-state index contributed by atoms with van der Waals surface area (Å²) in [6.07, 6.45) is 9.54. The van der Waals surface area contributed by atoms with E-state index >= 15 is 0 Å². The highest BCUT2D eigenvalue weighted by Gasteiger charge is 2.25. The molecule has 0 aliphatic heterocycles. The van der Waals surface area contributed by atoms with Gasteiger partial charge in [0, 0.05) is 5.88 Å². The molecule has 1 N–H and O–H groups in total. The van der Waals surface area contributed by atoms with Crippen LogP contribution in [-0.2, 0) is 0 Å². The van der Waals surface area contributed by atoms with E-state index in [-0.39, 0.29) is 0 Å². The van der Waals surface area contributed by atoms with Gasteiger partial charge in [-0.2, -0.15) is 0 Å². The molecule has 1 aliphatic carbocycles. The summed E-state index contributed by atoms with van der Waals surface area (Å²) in [6.45, 7) is 7.00. The quantitative estimate of drug-likeness (QED) is 0.604. The molecule has 102 valence electrons. The van der Waals surface area contributed by atoms with Crippen molar-refractivity contribution in [2.75, 3.05) is 19.0 Å². The molecule has 1 rings (SSSR count). The summed E-state index contributed by atoms with van der Waals surface area (Å²) in [5.41, 5.74) is 0. The molecule has 3 unspecified atom stereocenters. The van der Waals surface area contributed by atoms with Crippen molar-refractivity contribution in [3.05, 3.63) is 0 Å². The molecule has 0 amide bonds. The Kier molecular flexibility index (Phi) is 8.30. The molecule has 2 heteroatoms. The lowest BCUT2D eigenvalue weighted by Crippen LogP contribution is -2.30. The van der Waals surface area contributed by atoms with E-state index in [1.807, 2.05) is 0 Å². The number of unbranched alkanes of at least 4 members (excludes halogenated alkanes) is 1. The number of alkyl halides is 1. The van der Waals surface area contributed by atoms with Gasteiger partial charge in [0.1, 0.15) is 0 Å². The van der Waals surface area contributed by atoms with Crippen LogP contribution in [0.3, 0.4) is 0 Å². The van der Waals surface area contributed by atoms with E-state index in [2.05, 4.69) is 19.2 Å². The number of rotatable bonds is 9. The lowest BCUT2D eigenvalue weighted by molar-refractivity contribution is 0.359. The van der Waals surface area contributed by atoms with Gasteiger partial charge in [0.05, 0.1) is 0 Å². The maximum Gasteiger partial charge on any atom is 0.0254 e. The van der Waals surface area contributed by atoms with Gasteiger partial charge in [-0.1, -0.05) is 39.5 Å². The number of nitrogens with one attached hydrogen (secondary N) is 1. The predicted octanol–water partition coefficient (Wildman–Crippen LogP) is 4.45. The maximum atomic E-state index is 6.01. The van der Waals surface area contributed by atoms with Crippen LogP contribution in [0.1, 0.15) is 58.8 Å². The van der Waals surface area contributed by atoms with Crippen molar-refractivity contribution in [3.8, 4) is 0 Å². The Morgan fingerprint density at radius 1 is 1.24 bits per heavy atom. The first-order valence-electron chi connectivity index (χ1n) is 7.58. The van der Waals surface area contributed by atoms with Gasteiger partial charge in [-0.15, -0.1) is 11.6 Å². The van der Waals surface area contributed by atoms with Crippen molar-refractivity contribution in [3.63, 3.8) is 0 Å². The summed E-state index contributed by atoms with van der Waals surface area (Å²) in [4.78, 5) is 0. The van der Waals surface area contributed by atoms with Crippen molar-refractivity contribution >= 4 is 11.6 Å². The van der Waals surface area contributed by atoms with Gasteiger partial charge < -0.3 is 5.32 Å². The van der Waals surface area contributed by atoms with Gasteiger partial charge in [0.2, 0.25) is 0 Å². The molecule has 0 aromatic carbocycles. The van der Waals surface area contributed by atoms with Crippen molar-refractivity contribution in [1.29, 1.82) is 0 Å². The molecule has 0 saturated heterocycles. The lowest BCUT2D eigenvalue weighted by atomic mass is 9.96. The van der Waals surface area contributed by atoms with Crippen LogP contribution in [0.25, 0.3) is 0 Å². The Bertz CT molecular complexity index is 184. The van der Waals surface area contributed by atoms with Crippen LogP contribution < -0.4 is 5.32 Å². The normalized spacial score (nSPS) is 26.3. The second-order valence-corrected chi connectivity index (χ2v) is 5.99. The van der Waals surface area contributed by atoms with Crippen molar-refractivity contribution in [2.24, 2.45) is 17.8 Å². The van der Waals surface area contributed by atoms with E-state index in [1.54, 1.807) is 0 Å². The van der Waals surface area contributed by atoms with Gasteiger partial charge >= 0.3 is 0 Å². The molecule has 1 aliphatic rings. The average Bonchev–Trinajstić information content (AvgIpc) is 2.81. The molecule has 3 atom stereocenters. The van der Waals surface area contributed by atoms with Crippen LogP contribution in [0.4, 0.5) is 0 Å². The molecule has 0 radical (unpaired) electrons. The SMILES string of the molecule is CCCCC(CC)CNCC1CCCC1CCl. The van der Waals surface area contributed by atoms with E-state index in [4.69, 9.17) is 11.6 Å². The molecule has 1 saturated carbocycles. The summed E-state index contributed by atoms with van der Waals surface area (Å²) >= 11 is 6.01. The molecule has 0 bridgehead atoms. The molecule has 0 heterocycles. The minimum Gasteiger partial charge on any atom is -0.316 e. The van der Waals surface area contributed by atoms with E-state index in [0.29, 0.717) is 0 Å². The number of hydrogen-bond acceptors (Lipinski definition) is 1. The third-order valence-corrected chi connectivity index (χ3v) is 4.79. The molecular weight excluding hydrogens is 230 g/mol. The molecule has 1 fully saturated rings. The molecule has 0 aromatic rings. The summed E-state index contributed by atoms with van der Waals surface area (Å²) < 4.78 is 0. The molecule has 1 nitrogen and oxygen atoms in total. The summed E-state index contributed by atoms with van der Waals surface area (Å²) in [5, 5.41) is 3.69. The Morgan fingerprint density at radius 3 is 2.65 bits per heavy atom. The van der Waals surface area contributed by atoms with Gasteiger partial charge in [-0.25, -0.2) is 0 Å². The Morgan fingerprint density at radius 2 is 2.00 bits per heavy atom. The highest BCUT2D eigenvalue weighted by Crippen LogP contribution is 2.31. The van der Waals surface area contributed by atoms with E-state index in [9.17, 15) is 0 Å². The Labute approximate surface area is 113 Å². The minimum atomic E-state index is 0.778. The van der Waals surface area contributed by atoms with E-state index < -0.39 is 0 Å². The largest absolute Gasteiger partial charge is 0.316 e. The van der Waals surface area contributed by atoms with Crippen LogP contribution in [0, 0.1) is 17.8 Å². The fourth-order valence-corrected chi connectivity index (χ4v) is 3.41. The second-order valence-electron chi connectivity index (χ2n) is 5.68. The van der Waals surface area contributed by atoms with Crippen LogP contribution in [0.5, 0.6) is 0 Å². The molecule has 0 spiro atoms. The van der Waals surface area contributed by atoms with Gasteiger partial charge in [0.25, 0.3) is 0 Å². The monoisotopic (exact) mass is 259 g/mol. The lowest BCUT2D eigenvalue weighted by Gasteiger charge is -2.20. The number of hydrogen-bond donors (Lipinski definition) is 1. The van der Waals surface area contributed by atoms with Crippen LogP contribution in [0.15, 0.2) is 0 Å². The smallest absolute Gasteiger partial charge is 0.0254 e. The summed E-state index contributed by atoms with van der Waals surface area (Å²) in [6, 6.07) is 0. The first-order chi connectivity index (χ1) is 8.31. The van der Waals surface area contributed by atoms with Crippen LogP contribution in [-0.4, -0.2) is 19.0 Å². The standard InChI is InChI=1S/C15H30ClN/c1-3-5-7-13(4-2)11-17-12-15-9-6-8-14(15)10-16/h13-15,17H,3-12H2,1-2H3. The van der Waals surface area contributed by atoms with Crippen molar-refractivity contribution in [1.82, 2.24) is 5.32 Å². The van der Waals surface area contributed by atoms with Gasteiger partial charge in [-0.05, 0) is 50.1 Å². The predicted molar refractivity (Wildman–Crippen MR) is 77.7 cm³/mol. The zero-order valence-electron chi connectivity index (χ0n) is 11.7. The fourth-order valence-electron chi connectivity index (χ4n) is 3.00. The van der Waals surface area contributed by atoms with E-state index in [1.165, 1.54) is 58.0 Å².